The molecular formula is C18H21N3O5S. The van der Waals surface area contributed by atoms with Gasteiger partial charge in [-0.25, -0.2) is 12.7 Å². The van der Waals surface area contributed by atoms with Gasteiger partial charge in [-0.05, 0) is 36.8 Å². The first-order chi connectivity index (χ1) is 12.6. The zero-order valence-electron chi connectivity index (χ0n) is 15.2. The summed E-state index contributed by atoms with van der Waals surface area (Å²) in [5.41, 5.74) is 6.48. The number of benzene rings is 2. The molecule has 0 aliphatic carbocycles. The highest BCUT2D eigenvalue weighted by molar-refractivity contribution is 7.89. The molecule has 3 N–H and O–H groups in total. The van der Waals surface area contributed by atoms with Crippen LogP contribution in [0.15, 0.2) is 47.4 Å². The molecule has 0 aliphatic rings. The van der Waals surface area contributed by atoms with Crippen LogP contribution in [0.3, 0.4) is 0 Å². The van der Waals surface area contributed by atoms with Gasteiger partial charge in [0, 0.05) is 19.8 Å². The number of carbonyl (C=O) groups is 2. The minimum atomic E-state index is -3.62. The summed E-state index contributed by atoms with van der Waals surface area (Å²) in [7, 11) is -0.767. The molecule has 144 valence electrons. The average Bonchev–Trinajstić information content (AvgIpc) is 2.61. The Morgan fingerprint density at radius 2 is 1.81 bits per heavy atom. The number of amides is 2. The second-order valence-electron chi connectivity index (χ2n) is 5.96. The Labute approximate surface area is 158 Å². The quantitative estimate of drug-likeness (QED) is 0.739. The third-order valence-electron chi connectivity index (χ3n) is 3.77. The van der Waals surface area contributed by atoms with E-state index in [-0.39, 0.29) is 22.8 Å². The Bertz CT molecular complexity index is 971. The number of nitrogens with two attached hydrogens (primary N) is 1. The Kier molecular flexibility index (Phi) is 6.19. The van der Waals surface area contributed by atoms with Gasteiger partial charge in [-0.15, -0.1) is 0 Å². The van der Waals surface area contributed by atoms with Crippen LogP contribution in [-0.2, 0) is 14.8 Å². The number of aryl methyl sites for hydroxylation is 1. The van der Waals surface area contributed by atoms with Gasteiger partial charge in [-0.2, -0.15) is 0 Å². The molecule has 2 aromatic carbocycles. The Hall–Kier alpha value is -2.91. The zero-order valence-corrected chi connectivity index (χ0v) is 16.0. The van der Waals surface area contributed by atoms with E-state index in [1.807, 2.05) is 0 Å². The molecule has 0 radical (unpaired) electrons. The zero-order chi connectivity index (χ0) is 20.2. The first kappa shape index (κ1) is 20.4. The van der Waals surface area contributed by atoms with E-state index in [2.05, 4.69) is 5.32 Å². The van der Waals surface area contributed by atoms with Gasteiger partial charge in [0.05, 0.1) is 10.5 Å². The van der Waals surface area contributed by atoms with E-state index in [0.29, 0.717) is 11.3 Å². The van der Waals surface area contributed by atoms with Crippen molar-refractivity contribution in [2.75, 3.05) is 26.0 Å². The second kappa shape index (κ2) is 8.19. The number of sulfonamides is 1. The first-order valence-corrected chi connectivity index (χ1v) is 9.41. The van der Waals surface area contributed by atoms with Crippen molar-refractivity contribution in [3.05, 3.63) is 53.6 Å². The molecule has 2 rings (SSSR count). The maximum atomic E-state index is 12.2. The number of hydrogen-bond donors (Lipinski definition) is 2. The molecule has 0 heterocycles. The molecule has 0 unspecified atom stereocenters. The number of nitrogens with one attached hydrogen (secondary N) is 1. The van der Waals surface area contributed by atoms with E-state index in [0.717, 1.165) is 4.31 Å². The standard InChI is InChI=1S/C18H21N3O5S/c1-12-8-9-13(27(24,25)21(2)3)10-15(12)20-17(22)11-26-16-7-5-4-6-14(16)18(19)23/h4-10H,11H2,1-3H3,(H2,19,23)(H,20,22). The summed E-state index contributed by atoms with van der Waals surface area (Å²) in [6, 6.07) is 10.8. The fourth-order valence-corrected chi connectivity index (χ4v) is 3.16. The van der Waals surface area contributed by atoms with Crippen molar-refractivity contribution in [2.45, 2.75) is 11.8 Å². The van der Waals surface area contributed by atoms with Crippen molar-refractivity contribution in [3.63, 3.8) is 0 Å². The molecule has 2 aromatic rings. The van der Waals surface area contributed by atoms with Crippen LogP contribution in [0.4, 0.5) is 5.69 Å². The highest BCUT2D eigenvalue weighted by atomic mass is 32.2. The predicted molar refractivity (Wildman–Crippen MR) is 101 cm³/mol. The van der Waals surface area contributed by atoms with Gasteiger partial charge < -0.3 is 15.8 Å². The van der Waals surface area contributed by atoms with Crippen LogP contribution < -0.4 is 15.8 Å². The highest BCUT2D eigenvalue weighted by Crippen LogP contribution is 2.22. The minimum Gasteiger partial charge on any atom is -0.483 e. The SMILES string of the molecule is Cc1ccc(S(=O)(=O)N(C)C)cc1NC(=O)COc1ccccc1C(N)=O. The van der Waals surface area contributed by atoms with Crippen LogP contribution in [0.1, 0.15) is 15.9 Å². The first-order valence-electron chi connectivity index (χ1n) is 7.97. The number of anilines is 1. The number of primary amides is 1. The molecule has 0 saturated carbocycles. The lowest BCUT2D eigenvalue weighted by Crippen LogP contribution is -2.24. The minimum absolute atomic E-state index is 0.0633. The van der Waals surface area contributed by atoms with Crippen molar-refractivity contribution in [3.8, 4) is 5.75 Å². The van der Waals surface area contributed by atoms with E-state index in [1.54, 1.807) is 25.1 Å². The summed E-state index contributed by atoms with van der Waals surface area (Å²) in [4.78, 5) is 23.6. The molecule has 9 heteroatoms. The number of para-hydroxylation sites is 1. The van der Waals surface area contributed by atoms with Crippen LogP contribution in [0.25, 0.3) is 0 Å². The van der Waals surface area contributed by atoms with E-state index >= 15 is 0 Å². The van der Waals surface area contributed by atoms with Crippen LogP contribution in [-0.4, -0.2) is 45.2 Å². The third kappa shape index (κ3) is 4.83. The van der Waals surface area contributed by atoms with Crippen molar-refractivity contribution in [1.82, 2.24) is 4.31 Å². The number of hydrogen-bond acceptors (Lipinski definition) is 5. The van der Waals surface area contributed by atoms with Gasteiger partial charge in [0.25, 0.3) is 11.8 Å². The summed E-state index contributed by atoms with van der Waals surface area (Å²) in [5.74, 6) is -0.971. The molecule has 0 aliphatic heterocycles. The van der Waals surface area contributed by atoms with Crippen LogP contribution in [0, 0.1) is 6.92 Å². The molecule has 0 aromatic heterocycles. The van der Waals surface area contributed by atoms with Crippen molar-refractivity contribution < 1.29 is 22.7 Å². The lowest BCUT2D eigenvalue weighted by molar-refractivity contribution is -0.118. The van der Waals surface area contributed by atoms with E-state index in [9.17, 15) is 18.0 Å². The lowest BCUT2D eigenvalue weighted by atomic mass is 10.2. The van der Waals surface area contributed by atoms with Gasteiger partial charge in [0.2, 0.25) is 10.0 Å². The van der Waals surface area contributed by atoms with E-state index < -0.39 is 21.8 Å². The molecule has 0 bridgehead atoms. The largest absolute Gasteiger partial charge is 0.483 e. The smallest absolute Gasteiger partial charge is 0.262 e. The Balaban J connectivity index is 2.14. The predicted octanol–water partition coefficient (Wildman–Crippen LogP) is 1.36. The van der Waals surface area contributed by atoms with Crippen molar-refractivity contribution >= 4 is 27.5 Å². The van der Waals surface area contributed by atoms with Gasteiger partial charge in [0.1, 0.15) is 5.75 Å². The number of carbonyl (C=O) groups excluding carboxylic acids is 2. The normalized spacial score (nSPS) is 11.3. The summed E-state index contributed by atoms with van der Waals surface area (Å²) in [6.07, 6.45) is 0. The summed E-state index contributed by atoms with van der Waals surface area (Å²) in [6.45, 7) is 1.37. The topological polar surface area (TPSA) is 119 Å². The van der Waals surface area contributed by atoms with Crippen molar-refractivity contribution in [1.29, 1.82) is 0 Å². The van der Waals surface area contributed by atoms with Crippen LogP contribution in [0.5, 0.6) is 5.75 Å². The average molecular weight is 391 g/mol. The van der Waals surface area contributed by atoms with Gasteiger partial charge in [-0.1, -0.05) is 18.2 Å². The van der Waals surface area contributed by atoms with E-state index in [4.69, 9.17) is 10.5 Å². The Morgan fingerprint density at radius 1 is 1.15 bits per heavy atom. The second-order valence-corrected chi connectivity index (χ2v) is 8.11. The number of rotatable bonds is 7. The maximum absolute atomic E-state index is 12.2. The molecule has 0 atom stereocenters. The van der Waals surface area contributed by atoms with E-state index in [1.165, 1.54) is 38.4 Å². The summed E-state index contributed by atoms with van der Waals surface area (Å²) < 4.78 is 30.9. The fraction of sp³-hybridized carbons (Fsp3) is 0.222. The number of ether oxygens (including phenoxy) is 1. The molecule has 27 heavy (non-hydrogen) atoms. The molecule has 2 amide bonds. The fourth-order valence-electron chi connectivity index (χ4n) is 2.23. The number of nitrogens with zero attached hydrogens (tertiary/aromatic N) is 1. The molecule has 0 saturated heterocycles. The van der Waals surface area contributed by atoms with Crippen LogP contribution >= 0.6 is 0 Å². The summed E-state index contributed by atoms with van der Waals surface area (Å²) >= 11 is 0. The highest BCUT2D eigenvalue weighted by Gasteiger charge is 2.19. The van der Waals surface area contributed by atoms with Crippen LogP contribution in [0.2, 0.25) is 0 Å². The maximum Gasteiger partial charge on any atom is 0.262 e. The van der Waals surface area contributed by atoms with Gasteiger partial charge in [-0.3, -0.25) is 9.59 Å². The lowest BCUT2D eigenvalue weighted by Gasteiger charge is -2.15. The molecule has 0 fully saturated rings. The summed E-state index contributed by atoms with van der Waals surface area (Å²) in [5, 5.41) is 2.62. The van der Waals surface area contributed by atoms with Gasteiger partial charge in [0.15, 0.2) is 6.61 Å². The van der Waals surface area contributed by atoms with Gasteiger partial charge >= 0.3 is 0 Å². The third-order valence-corrected chi connectivity index (χ3v) is 5.58. The molecule has 8 nitrogen and oxygen atoms in total. The van der Waals surface area contributed by atoms with Crippen molar-refractivity contribution in [2.24, 2.45) is 5.73 Å². The molecule has 0 spiro atoms. The Morgan fingerprint density at radius 3 is 2.44 bits per heavy atom. The molecular weight excluding hydrogens is 370 g/mol. The monoisotopic (exact) mass is 391 g/mol.